The Labute approximate surface area is 210 Å². The van der Waals surface area contributed by atoms with Gasteiger partial charge in [0, 0.05) is 16.5 Å². The molecule has 1 heterocycles. The molecule has 0 fully saturated rings. The Morgan fingerprint density at radius 1 is 1.14 bits per heavy atom. The van der Waals surface area contributed by atoms with Gasteiger partial charge in [0.2, 0.25) is 0 Å². The highest BCUT2D eigenvalue weighted by Crippen LogP contribution is 2.19. The van der Waals surface area contributed by atoms with E-state index in [1.54, 1.807) is 36.5 Å². The van der Waals surface area contributed by atoms with Crippen molar-refractivity contribution in [2.24, 2.45) is 5.10 Å². The number of aryl methyl sites for hydroxylation is 1. The van der Waals surface area contributed by atoms with E-state index in [1.807, 2.05) is 36.4 Å². The normalized spacial score (nSPS) is 11.3. The molecular weight excluding hydrogens is 510 g/mol. The minimum atomic E-state index is -0.969. The molecule has 0 spiro atoms. The number of aromatic nitrogens is 2. The molecule has 35 heavy (non-hydrogen) atoms. The molecule has 4 rings (SSSR count). The quantitative estimate of drug-likeness (QED) is 0.280. The Kier molecular flexibility index (Phi) is 7.72. The van der Waals surface area contributed by atoms with Gasteiger partial charge in [-0.05, 0) is 54.4 Å². The van der Waals surface area contributed by atoms with Gasteiger partial charge in [-0.3, -0.25) is 4.79 Å². The number of halogens is 1. The van der Waals surface area contributed by atoms with Crippen molar-refractivity contribution < 1.29 is 14.6 Å². The summed E-state index contributed by atoms with van der Waals surface area (Å²) in [5.41, 5.74) is 2.19. The van der Waals surface area contributed by atoms with Gasteiger partial charge in [0.1, 0.15) is 18.2 Å². The van der Waals surface area contributed by atoms with E-state index < -0.39 is 5.97 Å². The van der Waals surface area contributed by atoms with Crippen LogP contribution in [0, 0.1) is 0 Å². The third kappa shape index (κ3) is 5.84. The van der Waals surface area contributed by atoms with Crippen LogP contribution >= 0.6 is 15.9 Å². The largest absolute Gasteiger partial charge is 0.488 e. The highest BCUT2D eigenvalue weighted by atomic mass is 79.9. The van der Waals surface area contributed by atoms with Crippen LogP contribution in [-0.2, 0) is 13.0 Å². The number of unbranched alkanes of at least 4 members (excludes halogenated alkanes) is 1. The number of nitrogens with zero attached hydrogens (tertiary/aromatic N) is 3. The lowest BCUT2D eigenvalue weighted by molar-refractivity contribution is 0.0697. The Morgan fingerprint density at radius 2 is 1.91 bits per heavy atom. The molecular formula is C27H24BrN3O4. The molecule has 8 heteroatoms. The molecule has 0 aliphatic rings. The molecule has 1 N–H and O–H groups in total. The Bertz CT molecular complexity index is 1450. The molecule has 1 aromatic heterocycles. The number of para-hydroxylation sites is 1. The fourth-order valence-electron chi connectivity index (χ4n) is 3.55. The van der Waals surface area contributed by atoms with E-state index in [4.69, 9.17) is 14.8 Å². The average molecular weight is 534 g/mol. The number of aromatic carboxylic acids is 1. The number of ether oxygens (including phenoxy) is 1. The van der Waals surface area contributed by atoms with Gasteiger partial charge in [-0.1, -0.05) is 53.5 Å². The third-order valence-electron chi connectivity index (χ3n) is 5.46. The molecule has 0 radical (unpaired) electrons. The Balaban J connectivity index is 1.63. The van der Waals surface area contributed by atoms with Crippen molar-refractivity contribution in [2.45, 2.75) is 32.8 Å². The van der Waals surface area contributed by atoms with Crippen LogP contribution in [0.25, 0.3) is 10.9 Å². The van der Waals surface area contributed by atoms with Crippen LogP contribution < -0.4 is 10.3 Å². The fraction of sp³-hybridized carbons (Fsp3) is 0.185. The number of hydrogen-bond acceptors (Lipinski definition) is 5. The minimum absolute atomic E-state index is 0.224. The van der Waals surface area contributed by atoms with Gasteiger partial charge in [-0.2, -0.15) is 9.78 Å². The summed E-state index contributed by atoms with van der Waals surface area (Å²) in [6.07, 6.45) is 4.11. The molecule has 0 saturated heterocycles. The zero-order valence-electron chi connectivity index (χ0n) is 19.1. The van der Waals surface area contributed by atoms with Crippen LogP contribution in [0.4, 0.5) is 0 Å². The maximum atomic E-state index is 13.3. The number of carboxylic acid groups (broad SMARTS) is 1. The number of hydrogen-bond donors (Lipinski definition) is 1. The fourth-order valence-corrected chi connectivity index (χ4v) is 3.91. The van der Waals surface area contributed by atoms with E-state index in [0.717, 1.165) is 22.9 Å². The van der Waals surface area contributed by atoms with E-state index in [0.29, 0.717) is 34.5 Å². The highest BCUT2D eigenvalue weighted by Gasteiger charge is 2.11. The van der Waals surface area contributed by atoms with Gasteiger partial charge in [-0.25, -0.2) is 9.78 Å². The number of benzene rings is 3. The summed E-state index contributed by atoms with van der Waals surface area (Å²) in [5, 5.41) is 14.1. The molecule has 0 aliphatic heterocycles. The molecule has 0 atom stereocenters. The van der Waals surface area contributed by atoms with E-state index >= 15 is 0 Å². The predicted molar refractivity (Wildman–Crippen MR) is 139 cm³/mol. The van der Waals surface area contributed by atoms with Crippen LogP contribution in [0.5, 0.6) is 5.75 Å². The van der Waals surface area contributed by atoms with Crippen molar-refractivity contribution in [3.8, 4) is 5.75 Å². The maximum absolute atomic E-state index is 13.3. The first kappa shape index (κ1) is 24.3. The summed E-state index contributed by atoms with van der Waals surface area (Å²) in [4.78, 5) is 29.0. The SMILES string of the molecule is CCCCc1nc2ccc(Br)cc2c(=O)n1N=Cc1ccccc1OCc1ccc(C(=O)O)cc1. The molecule has 7 nitrogen and oxygen atoms in total. The summed E-state index contributed by atoms with van der Waals surface area (Å²) in [6, 6.07) is 19.4. The third-order valence-corrected chi connectivity index (χ3v) is 5.95. The van der Waals surface area contributed by atoms with Crippen LogP contribution in [-0.4, -0.2) is 27.0 Å². The smallest absolute Gasteiger partial charge is 0.335 e. The van der Waals surface area contributed by atoms with Crippen molar-refractivity contribution in [3.05, 3.63) is 104 Å². The van der Waals surface area contributed by atoms with Gasteiger partial charge in [0.25, 0.3) is 5.56 Å². The lowest BCUT2D eigenvalue weighted by Crippen LogP contribution is -2.22. The van der Waals surface area contributed by atoms with E-state index in [9.17, 15) is 9.59 Å². The Morgan fingerprint density at radius 3 is 2.66 bits per heavy atom. The standard InChI is InChI=1S/C27H24BrN3O4/c1-2-3-8-25-30-23-14-13-21(28)15-22(23)26(32)31(25)29-16-20-6-4-5-7-24(20)35-17-18-9-11-19(12-10-18)27(33)34/h4-7,9-16H,2-3,8,17H2,1H3,(H,33,34). The second kappa shape index (κ2) is 11.1. The predicted octanol–water partition coefficient (Wildman–Crippen LogP) is 5.66. The van der Waals surface area contributed by atoms with Gasteiger partial charge >= 0.3 is 5.97 Å². The topological polar surface area (TPSA) is 93.8 Å². The van der Waals surface area contributed by atoms with E-state index in [-0.39, 0.29) is 17.7 Å². The maximum Gasteiger partial charge on any atom is 0.335 e. The number of fused-ring (bicyclic) bond motifs is 1. The van der Waals surface area contributed by atoms with Gasteiger partial charge in [-0.15, -0.1) is 0 Å². The summed E-state index contributed by atoms with van der Waals surface area (Å²) < 4.78 is 8.14. The van der Waals surface area contributed by atoms with Gasteiger partial charge in [0.15, 0.2) is 0 Å². The second-order valence-electron chi connectivity index (χ2n) is 7.98. The zero-order valence-corrected chi connectivity index (χ0v) is 20.7. The molecule has 0 saturated carbocycles. The van der Waals surface area contributed by atoms with Crippen LogP contribution in [0.15, 0.2) is 81.1 Å². The molecule has 0 unspecified atom stereocenters. The summed E-state index contributed by atoms with van der Waals surface area (Å²) in [7, 11) is 0. The van der Waals surface area contributed by atoms with Crippen molar-refractivity contribution in [1.82, 2.24) is 9.66 Å². The molecule has 4 aromatic rings. The van der Waals surface area contributed by atoms with Crippen LogP contribution in [0.3, 0.4) is 0 Å². The zero-order chi connectivity index (χ0) is 24.8. The first-order chi connectivity index (χ1) is 17.0. The first-order valence-electron chi connectivity index (χ1n) is 11.3. The summed E-state index contributed by atoms with van der Waals surface area (Å²) >= 11 is 3.42. The monoisotopic (exact) mass is 533 g/mol. The molecule has 178 valence electrons. The lowest BCUT2D eigenvalue weighted by Gasteiger charge is -2.11. The molecule has 0 bridgehead atoms. The van der Waals surface area contributed by atoms with Crippen LogP contribution in [0.2, 0.25) is 0 Å². The van der Waals surface area contributed by atoms with Crippen molar-refractivity contribution in [3.63, 3.8) is 0 Å². The summed E-state index contributed by atoms with van der Waals surface area (Å²) in [5.74, 6) is 0.237. The molecule has 0 aliphatic carbocycles. The van der Waals surface area contributed by atoms with E-state index in [2.05, 4.69) is 28.0 Å². The van der Waals surface area contributed by atoms with E-state index in [1.165, 1.54) is 4.68 Å². The number of carboxylic acids is 1. The lowest BCUT2D eigenvalue weighted by atomic mass is 10.1. The highest BCUT2D eigenvalue weighted by molar-refractivity contribution is 9.10. The Hall–Kier alpha value is -3.78. The number of rotatable bonds is 9. The van der Waals surface area contributed by atoms with Crippen molar-refractivity contribution in [2.75, 3.05) is 0 Å². The van der Waals surface area contributed by atoms with Crippen molar-refractivity contribution in [1.29, 1.82) is 0 Å². The number of carbonyl (C=O) groups is 1. The average Bonchev–Trinajstić information content (AvgIpc) is 2.87. The molecule has 0 amide bonds. The summed E-state index contributed by atoms with van der Waals surface area (Å²) in [6.45, 7) is 2.35. The first-order valence-corrected chi connectivity index (χ1v) is 12.0. The minimum Gasteiger partial charge on any atom is -0.488 e. The second-order valence-corrected chi connectivity index (χ2v) is 8.90. The van der Waals surface area contributed by atoms with Crippen molar-refractivity contribution >= 4 is 39.0 Å². The van der Waals surface area contributed by atoms with Gasteiger partial charge < -0.3 is 9.84 Å². The van der Waals surface area contributed by atoms with Gasteiger partial charge in [0.05, 0.1) is 22.7 Å². The van der Waals surface area contributed by atoms with Crippen LogP contribution in [0.1, 0.15) is 47.1 Å². The molecule has 3 aromatic carbocycles.